The SMILES string of the molecule is Cc1nc(-c2csc(Br)c2)nc(Cl)c1Br. The van der Waals surface area contributed by atoms with E-state index in [9.17, 15) is 0 Å². The van der Waals surface area contributed by atoms with Crippen LogP contribution in [0.5, 0.6) is 0 Å². The minimum Gasteiger partial charge on any atom is -0.232 e. The van der Waals surface area contributed by atoms with Crippen molar-refractivity contribution in [2.75, 3.05) is 0 Å². The summed E-state index contributed by atoms with van der Waals surface area (Å²) in [6.07, 6.45) is 0. The van der Waals surface area contributed by atoms with Crippen LogP contribution in [0.3, 0.4) is 0 Å². The van der Waals surface area contributed by atoms with Crippen LogP contribution < -0.4 is 0 Å². The van der Waals surface area contributed by atoms with Gasteiger partial charge in [0, 0.05) is 10.9 Å². The molecule has 0 N–H and O–H groups in total. The summed E-state index contributed by atoms with van der Waals surface area (Å²) < 4.78 is 1.81. The molecule has 0 saturated carbocycles. The number of aromatic nitrogens is 2. The minimum absolute atomic E-state index is 0.444. The molecule has 0 aliphatic rings. The molecule has 2 nitrogen and oxygen atoms in total. The molecule has 0 aromatic carbocycles. The van der Waals surface area contributed by atoms with Crippen LogP contribution in [0.1, 0.15) is 5.69 Å². The molecule has 2 rings (SSSR count). The van der Waals surface area contributed by atoms with Crippen molar-refractivity contribution in [3.63, 3.8) is 0 Å². The summed E-state index contributed by atoms with van der Waals surface area (Å²) in [5.74, 6) is 0.655. The molecule has 2 heterocycles. The van der Waals surface area contributed by atoms with Crippen molar-refractivity contribution in [3.8, 4) is 11.4 Å². The molecule has 0 spiro atoms. The number of aryl methyl sites for hydroxylation is 1. The van der Waals surface area contributed by atoms with Gasteiger partial charge in [-0.1, -0.05) is 11.6 Å². The summed E-state index contributed by atoms with van der Waals surface area (Å²) in [6.45, 7) is 1.89. The van der Waals surface area contributed by atoms with Gasteiger partial charge >= 0.3 is 0 Å². The lowest BCUT2D eigenvalue weighted by Crippen LogP contribution is -1.93. The average Bonchev–Trinajstić information content (AvgIpc) is 2.60. The van der Waals surface area contributed by atoms with Crippen molar-refractivity contribution < 1.29 is 0 Å². The molecule has 0 bridgehead atoms. The first-order chi connectivity index (χ1) is 7.08. The summed E-state index contributed by atoms with van der Waals surface area (Å²) >= 11 is 14.3. The van der Waals surface area contributed by atoms with Gasteiger partial charge in [-0.15, -0.1) is 11.3 Å². The third-order valence-electron chi connectivity index (χ3n) is 1.80. The van der Waals surface area contributed by atoms with E-state index < -0.39 is 0 Å². The number of rotatable bonds is 1. The normalized spacial score (nSPS) is 10.7. The van der Waals surface area contributed by atoms with Crippen molar-refractivity contribution in [1.29, 1.82) is 0 Å². The Morgan fingerprint density at radius 3 is 2.60 bits per heavy atom. The van der Waals surface area contributed by atoms with Crippen molar-refractivity contribution in [2.45, 2.75) is 6.92 Å². The molecule has 0 aliphatic heterocycles. The van der Waals surface area contributed by atoms with Gasteiger partial charge in [-0.3, -0.25) is 0 Å². The first kappa shape index (κ1) is 11.5. The fraction of sp³-hybridized carbons (Fsp3) is 0.111. The maximum absolute atomic E-state index is 5.97. The fourth-order valence-corrected chi connectivity index (χ4v) is 2.61. The highest BCUT2D eigenvalue weighted by Crippen LogP contribution is 2.30. The lowest BCUT2D eigenvalue weighted by Gasteiger charge is -2.02. The Bertz CT molecular complexity index is 490. The van der Waals surface area contributed by atoms with Crippen molar-refractivity contribution >= 4 is 54.8 Å². The Hall–Kier alpha value is 0.0300. The van der Waals surface area contributed by atoms with E-state index >= 15 is 0 Å². The van der Waals surface area contributed by atoms with Crippen LogP contribution in [0.2, 0.25) is 5.15 Å². The van der Waals surface area contributed by atoms with E-state index in [2.05, 4.69) is 41.8 Å². The summed E-state index contributed by atoms with van der Waals surface area (Å²) in [5, 5.41) is 2.43. The van der Waals surface area contributed by atoms with Crippen LogP contribution in [-0.2, 0) is 0 Å². The largest absolute Gasteiger partial charge is 0.232 e. The Kier molecular flexibility index (Phi) is 3.45. The molecule has 15 heavy (non-hydrogen) atoms. The molecular weight excluding hydrogens is 363 g/mol. The first-order valence-electron chi connectivity index (χ1n) is 4.02. The molecule has 0 fully saturated rings. The molecule has 0 saturated heterocycles. The van der Waals surface area contributed by atoms with E-state index in [1.54, 1.807) is 11.3 Å². The molecule has 0 atom stereocenters. The molecule has 6 heteroatoms. The molecule has 2 aromatic rings. The van der Waals surface area contributed by atoms with E-state index in [0.29, 0.717) is 11.0 Å². The van der Waals surface area contributed by atoms with Crippen LogP contribution in [-0.4, -0.2) is 9.97 Å². The maximum Gasteiger partial charge on any atom is 0.162 e. The quantitative estimate of drug-likeness (QED) is 0.683. The molecular formula is C9H5Br2ClN2S. The predicted octanol–water partition coefficient (Wildman–Crippen LogP) is 4.69. The predicted molar refractivity (Wildman–Crippen MR) is 70.5 cm³/mol. The van der Waals surface area contributed by atoms with Gasteiger partial charge in [-0.25, -0.2) is 9.97 Å². The topological polar surface area (TPSA) is 25.8 Å². The van der Waals surface area contributed by atoms with Gasteiger partial charge in [-0.05, 0) is 44.8 Å². The third kappa shape index (κ3) is 2.41. The molecule has 78 valence electrons. The number of hydrogen-bond acceptors (Lipinski definition) is 3. The van der Waals surface area contributed by atoms with E-state index in [0.717, 1.165) is 19.5 Å². The second-order valence-corrected chi connectivity index (χ2v) is 6.32. The highest BCUT2D eigenvalue weighted by atomic mass is 79.9. The lowest BCUT2D eigenvalue weighted by molar-refractivity contribution is 1.09. The third-order valence-corrected chi connectivity index (χ3v) is 4.76. The van der Waals surface area contributed by atoms with Crippen LogP contribution in [0.25, 0.3) is 11.4 Å². The van der Waals surface area contributed by atoms with Crippen LogP contribution in [0, 0.1) is 6.92 Å². The van der Waals surface area contributed by atoms with Crippen molar-refractivity contribution in [1.82, 2.24) is 9.97 Å². The van der Waals surface area contributed by atoms with E-state index in [-0.39, 0.29) is 0 Å². The first-order valence-corrected chi connectivity index (χ1v) is 6.86. The highest BCUT2D eigenvalue weighted by Gasteiger charge is 2.10. The number of thiophene rings is 1. The number of hydrogen-bond donors (Lipinski definition) is 0. The Morgan fingerprint density at radius 1 is 1.33 bits per heavy atom. The summed E-state index contributed by atoms with van der Waals surface area (Å²) in [6, 6.07) is 1.98. The van der Waals surface area contributed by atoms with Gasteiger partial charge in [0.05, 0.1) is 14.0 Å². The van der Waals surface area contributed by atoms with Crippen LogP contribution in [0.15, 0.2) is 19.7 Å². The van der Waals surface area contributed by atoms with Crippen LogP contribution in [0.4, 0.5) is 0 Å². The zero-order chi connectivity index (χ0) is 11.0. The van der Waals surface area contributed by atoms with Gasteiger partial charge in [-0.2, -0.15) is 0 Å². The molecule has 0 aliphatic carbocycles. The molecule has 2 aromatic heterocycles. The van der Waals surface area contributed by atoms with Gasteiger partial charge in [0.25, 0.3) is 0 Å². The second kappa shape index (κ2) is 4.49. The van der Waals surface area contributed by atoms with Gasteiger partial charge in [0.1, 0.15) is 5.15 Å². The van der Waals surface area contributed by atoms with Crippen molar-refractivity contribution in [2.24, 2.45) is 0 Å². The van der Waals surface area contributed by atoms with Crippen molar-refractivity contribution in [3.05, 3.63) is 30.6 Å². The smallest absolute Gasteiger partial charge is 0.162 e. The highest BCUT2D eigenvalue weighted by molar-refractivity contribution is 9.11. The second-order valence-electron chi connectivity index (χ2n) is 2.88. The number of nitrogens with zero attached hydrogens (tertiary/aromatic N) is 2. The minimum atomic E-state index is 0.444. The summed E-state index contributed by atoms with van der Waals surface area (Å²) in [7, 11) is 0. The monoisotopic (exact) mass is 366 g/mol. The number of halogens is 3. The zero-order valence-corrected chi connectivity index (χ0v) is 12.3. The Morgan fingerprint density at radius 2 is 2.07 bits per heavy atom. The van der Waals surface area contributed by atoms with Gasteiger partial charge in [0.15, 0.2) is 5.82 Å². The van der Waals surface area contributed by atoms with Gasteiger partial charge < -0.3 is 0 Å². The van der Waals surface area contributed by atoms with Gasteiger partial charge in [0.2, 0.25) is 0 Å². The standard InChI is InChI=1S/C9H5Br2ClN2S/c1-4-7(11)8(12)14-9(13-4)5-2-6(10)15-3-5/h2-3H,1H3. The Labute approximate surface area is 113 Å². The van der Waals surface area contributed by atoms with E-state index in [1.165, 1.54) is 0 Å². The van der Waals surface area contributed by atoms with E-state index in [4.69, 9.17) is 11.6 Å². The average molecular weight is 368 g/mol. The summed E-state index contributed by atoms with van der Waals surface area (Å²) in [4.78, 5) is 8.57. The lowest BCUT2D eigenvalue weighted by atomic mass is 10.3. The summed E-state index contributed by atoms with van der Waals surface area (Å²) in [5.41, 5.74) is 1.82. The molecule has 0 unspecified atom stereocenters. The van der Waals surface area contributed by atoms with Crippen LogP contribution >= 0.6 is 54.8 Å². The molecule has 0 amide bonds. The maximum atomic E-state index is 5.97. The Balaban J connectivity index is 2.55. The fourth-order valence-electron chi connectivity index (χ4n) is 1.08. The zero-order valence-electron chi connectivity index (χ0n) is 7.59. The molecule has 0 radical (unpaired) electrons. The van der Waals surface area contributed by atoms with E-state index in [1.807, 2.05) is 18.4 Å².